The van der Waals surface area contributed by atoms with Crippen LogP contribution in [-0.4, -0.2) is 36.1 Å². The molecule has 2 aliphatic rings. The van der Waals surface area contributed by atoms with E-state index in [9.17, 15) is 9.59 Å². The zero-order valence-electron chi connectivity index (χ0n) is 16.9. The van der Waals surface area contributed by atoms with Crippen molar-refractivity contribution in [1.29, 1.82) is 0 Å². The summed E-state index contributed by atoms with van der Waals surface area (Å²) < 4.78 is 4.74. The highest BCUT2D eigenvalue weighted by Gasteiger charge is 2.35. The minimum Gasteiger partial charge on any atom is -0.453 e. The molecular formula is C22H33N3O3. The van der Waals surface area contributed by atoms with E-state index in [2.05, 4.69) is 5.32 Å². The largest absolute Gasteiger partial charge is 0.453 e. The monoisotopic (exact) mass is 387 g/mol. The predicted octanol–water partition coefficient (Wildman–Crippen LogP) is 4.04. The molecule has 0 aromatic heterocycles. The van der Waals surface area contributed by atoms with Crippen molar-refractivity contribution in [1.82, 2.24) is 4.90 Å². The third-order valence-corrected chi connectivity index (χ3v) is 6.20. The first kappa shape index (κ1) is 20.6. The number of hydrogen-bond donors (Lipinski definition) is 2. The molecule has 3 rings (SSSR count). The Morgan fingerprint density at radius 2 is 1.75 bits per heavy atom. The van der Waals surface area contributed by atoms with E-state index in [1.165, 1.54) is 13.5 Å². The molecule has 1 aromatic carbocycles. The Bertz CT molecular complexity index is 673. The molecule has 2 unspecified atom stereocenters. The Balaban J connectivity index is 1.84. The highest BCUT2D eigenvalue weighted by Crippen LogP contribution is 2.31. The van der Waals surface area contributed by atoms with Gasteiger partial charge in [-0.25, -0.2) is 4.79 Å². The second kappa shape index (κ2) is 9.92. The van der Waals surface area contributed by atoms with Crippen LogP contribution in [0, 0.1) is 5.92 Å². The fraction of sp³-hybridized carbons (Fsp3) is 0.636. The molecule has 3 N–H and O–H groups in total. The molecule has 2 atom stereocenters. The van der Waals surface area contributed by atoms with Gasteiger partial charge in [0.25, 0.3) is 0 Å². The normalized spacial score (nSPS) is 23.1. The van der Waals surface area contributed by atoms with E-state index in [4.69, 9.17) is 10.5 Å². The lowest BCUT2D eigenvalue weighted by atomic mass is 9.85. The fourth-order valence-electron chi connectivity index (χ4n) is 4.59. The van der Waals surface area contributed by atoms with E-state index >= 15 is 0 Å². The number of carbonyl (C=O) groups excluding carboxylic acids is 2. The summed E-state index contributed by atoms with van der Waals surface area (Å²) in [6.07, 6.45) is 9.05. The number of amides is 2. The molecule has 0 spiro atoms. The number of methoxy groups -OCH3 is 1. The second-order valence-electron chi connectivity index (χ2n) is 8.09. The molecule has 154 valence electrons. The smallest absolute Gasteiger partial charge is 0.411 e. The van der Waals surface area contributed by atoms with Crippen LogP contribution in [0.2, 0.25) is 0 Å². The Morgan fingerprint density at radius 3 is 2.46 bits per heavy atom. The first-order chi connectivity index (χ1) is 13.6. The van der Waals surface area contributed by atoms with Crippen molar-refractivity contribution in [2.45, 2.75) is 76.4 Å². The second-order valence-corrected chi connectivity index (χ2v) is 8.09. The van der Waals surface area contributed by atoms with Crippen LogP contribution >= 0.6 is 0 Å². The highest BCUT2D eigenvalue weighted by atomic mass is 16.5. The van der Waals surface area contributed by atoms with Gasteiger partial charge in [0.2, 0.25) is 5.91 Å². The summed E-state index contributed by atoms with van der Waals surface area (Å²) in [7, 11) is 1.35. The van der Waals surface area contributed by atoms with Crippen LogP contribution in [0.25, 0.3) is 0 Å². The Labute approximate surface area is 167 Å². The van der Waals surface area contributed by atoms with Crippen LogP contribution in [-0.2, 0) is 16.1 Å². The molecule has 0 heterocycles. The maximum atomic E-state index is 13.5. The number of anilines is 1. The van der Waals surface area contributed by atoms with Gasteiger partial charge in [-0.3, -0.25) is 10.1 Å². The average Bonchev–Trinajstić information content (AvgIpc) is 2.74. The third-order valence-electron chi connectivity index (χ3n) is 6.20. The number of nitrogens with two attached hydrogens (primary N) is 1. The SMILES string of the molecule is COC(=O)Nc1ccccc1CN(C(=O)C1CCCCC1)C1CCCCC1N. The van der Waals surface area contributed by atoms with E-state index in [0.717, 1.165) is 56.9 Å². The van der Waals surface area contributed by atoms with Gasteiger partial charge in [-0.2, -0.15) is 0 Å². The fourth-order valence-corrected chi connectivity index (χ4v) is 4.59. The van der Waals surface area contributed by atoms with Crippen molar-refractivity contribution < 1.29 is 14.3 Å². The topological polar surface area (TPSA) is 84.7 Å². The van der Waals surface area contributed by atoms with Crippen molar-refractivity contribution in [2.24, 2.45) is 11.7 Å². The van der Waals surface area contributed by atoms with E-state index in [0.29, 0.717) is 12.2 Å². The van der Waals surface area contributed by atoms with Crippen molar-refractivity contribution in [2.75, 3.05) is 12.4 Å². The van der Waals surface area contributed by atoms with Gasteiger partial charge in [0.15, 0.2) is 0 Å². The van der Waals surface area contributed by atoms with Gasteiger partial charge in [0.1, 0.15) is 0 Å². The first-order valence-corrected chi connectivity index (χ1v) is 10.6. The summed E-state index contributed by atoms with van der Waals surface area (Å²) in [5, 5.41) is 2.77. The quantitative estimate of drug-likeness (QED) is 0.798. The van der Waals surface area contributed by atoms with Gasteiger partial charge < -0.3 is 15.4 Å². The van der Waals surface area contributed by atoms with Crippen LogP contribution < -0.4 is 11.1 Å². The lowest BCUT2D eigenvalue weighted by Crippen LogP contribution is -2.53. The number of rotatable bonds is 5. The molecule has 2 amide bonds. The lowest BCUT2D eigenvalue weighted by Gasteiger charge is -2.41. The van der Waals surface area contributed by atoms with Gasteiger partial charge in [-0.1, -0.05) is 50.3 Å². The number of nitrogens with one attached hydrogen (secondary N) is 1. The summed E-state index contributed by atoms with van der Waals surface area (Å²) >= 11 is 0. The molecule has 0 bridgehead atoms. The maximum absolute atomic E-state index is 13.5. The molecule has 2 aliphatic carbocycles. The van der Waals surface area contributed by atoms with E-state index in [-0.39, 0.29) is 23.9 Å². The first-order valence-electron chi connectivity index (χ1n) is 10.6. The third kappa shape index (κ3) is 5.04. The summed E-state index contributed by atoms with van der Waals surface area (Å²) in [6.45, 7) is 0.466. The number of ether oxygens (including phenoxy) is 1. The molecule has 2 fully saturated rings. The minimum atomic E-state index is -0.507. The van der Waals surface area contributed by atoms with Crippen molar-refractivity contribution in [3.63, 3.8) is 0 Å². The Kier molecular flexibility index (Phi) is 7.31. The van der Waals surface area contributed by atoms with Gasteiger partial charge in [0.05, 0.1) is 7.11 Å². The van der Waals surface area contributed by atoms with Crippen molar-refractivity contribution in [3.05, 3.63) is 29.8 Å². The standard InChI is InChI=1S/C22H33N3O3/c1-28-22(27)24-19-13-7-5-11-17(19)15-25(20-14-8-6-12-18(20)23)21(26)16-9-3-2-4-10-16/h5,7,11,13,16,18,20H,2-4,6,8-10,12,14-15,23H2,1H3,(H,24,27). The zero-order chi connectivity index (χ0) is 19.9. The number of hydrogen-bond acceptors (Lipinski definition) is 4. The van der Waals surface area contributed by atoms with Crippen LogP contribution in [0.15, 0.2) is 24.3 Å². The molecule has 6 heteroatoms. The molecule has 28 heavy (non-hydrogen) atoms. The molecule has 0 aliphatic heterocycles. The summed E-state index contributed by atoms with van der Waals surface area (Å²) in [6, 6.07) is 7.68. The maximum Gasteiger partial charge on any atom is 0.411 e. The van der Waals surface area contributed by atoms with Gasteiger partial charge in [0, 0.05) is 30.2 Å². The number of nitrogens with zero attached hydrogens (tertiary/aromatic N) is 1. The molecule has 0 saturated heterocycles. The zero-order valence-corrected chi connectivity index (χ0v) is 16.9. The summed E-state index contributed by atoms with van der Waals surface area (Å²) in [5.41, 5.74) is 8.05. The Hall–Kier alpha value is -2.08. The predicted molar refractivity (Wildman–Crippen MR) is 110 cm³/mol. The number of benzene rings is 1. The molecule has 6 nitrogen and oxygen atoms in total. The molecular weight excluding hydrogens is 354 g/mol. The van der Waals surface area contributed by atoms with Gasteiger partial charge >= 0.3 is 6.09 Å². The van der Waals surface area contributed by atoms with Gasteiger partial charge in [-0.15, -0.1) is 0 Å². The average molecular weight is 388 g/mol. The van der Waals surface area contributed by atoms with E-state index < -0.39 is 6.09 Å². The minimum absolute atomic E-state index is 0.0158. The summed E-state index contributed by atoms with van der Waals surface area (Å²) in [5.74, 6) is 0.332. The van der Waals surface area contributed by atoms with Crippen molar-refractivity contribution >= 4 is 17.7 Å². The molecule has 0 radical (unpaired) electrons. The van der Waals surface area contributed by atoms with E-state index in [1.54, 1.807) is 0 Å². The van der Waals surface area contributed by atoms with Crippen LogP contribution in [0.4, 0.5) is 10.5 Å². The van der Waals surface area contributed by atoms with Crippen LogP contribution in [0.5, 0.6) is 0 Å². The van der Waals surface area contributed by atoms with E-state index in [1.807, 2.05) is 29.2 Å². The Morgan fingerprint density at radius 1 is 1.07 bits per heavy atom. The van der Waals surface area contributed by atoms with Crippen molar-refractivity contribution in [3.8, 4) is 0 Å². The van der Waals surface area contributed by atoms with Crippen LogP contribution in [0.3, 0.4) is 0 Å². The van der Waals surface area contributed by atoms with Crippen LogP contribution in [0.1, 0.15) is 63.4 Å². The number of carbonyl (C=O) groups is 2. The summed E-state index contributed by atoms with van der Waals surface area (Å²) in [4.78, 5) is 27.2. The van der Waals surface area contributed by atoms with Gasteiger partial charge in [-0.05, 0) is 37.3 Å². The highest BCUT2D eigenvalue weighted by molar-refractivity contribution is 5.86. The molecule has 1 aromatic rings. The lowest BCUT2D eigenvalue weighted by molar-refractivity contribution is -0.140. The number of para-hydroxylation sites is 1. The molecule has 2 saturated carbocycles.